The van der Waals surface area contributed by atoms with Crippen LogP contribution in [-0.4, -0.2) is 15.3 Å². The first-order chi connectivity index (χ1) is 6.28. The van der Waals surface area contributed by atoms with Gasteiger partial charge >= 0.3 is 0 Å². The molecule has 0 atom stereocenters. The van der Waals surface area contributed by atoms with E-state index < -0.39 is 5.60 Å². The smallest absolute Gasteiger partial charge is 0.0899 e. The second-order valence-electron chi connectivity index (χ2n) is 3.70. The van der Waals surface area contributed by atoms with E-state index in [1.165, 1.54) is 0 Å². The van der Waals surface area contributed by atoms with E-state index in [1.807, 2.05) is 18.2 Å². The molecule has 0 aliphatic heterocycles. The van der Waals surface area contributed by atoms with E-state index in [0.29, 0.717) is 0 Å². The maximum Gasteiger partial charge on any atom is 0.0899 e. The highest BCUT2D eigenvalue weighted by atomic mass is 16.3. The SMILES string of the molecule is OC1(c2ccc3[nH]ncc3c2)CC1. The Morgan fingerprint density at radius 3 is 3.00 bits per heavy atom. The summed E-state index contributed by atoms with van der Waals surface area (Å²) < 4.78 is 0. The minimum absolute atomic E-state index is 0.536. The Morgan fingerprint density at radius 1 is 1.38 bits per heavy atom. The van der Waals surface area contributed by atoms with E-state index in [4.69, 9.17) is 0 Å². The summed E-state index contributed by atoms with van der Waals surface area (Å²) in [5, 5.41) is 17.8. The molecule has 2 aromatic rings. The molecule has 13 heavy (non-hydrogen) atoms. The van der Waals surface area contributed by atoms with Crippen molar-refractivity contribution < 1.29 is 5.11 Å². The molecule has 1 aliphatic rings. The van der Waals surface area contributed by atoms with Gasteiger partial charge in [0.25, 0.3) is 0 Å². The fourth-order valence-electron chi connectivity index (χ4n) is 1.64. The van der Waals surface area contributed by atoms with Crippen molar-refractivity contribution in [3.05, 3.63) is 30.0 Å². The van der Waals surface area contributed by atoms with Crippen molar-refractivity contribution in [2.75, 3.05) is 0 Å². The topological polar surface area (TPSA) is 48.9 Å². The Kier molecular flexibility index (Phi) is 1.15. The van der Waals surface area contributed by atoms with Crippen LogP contribution in [0.25, 0.3) is 10.9 Å². The number of nitrogens with one attached hydrogen (secondary N) is 1. The lowest BCUT2D eigenvalue weighted by Crippen LogP contribution is -2.03. The van der Waals surface area contributed by atoms with Crippen molar-refractivity contribution in [2.24, 2.45) is 0 Å². The molecule has 3 heteroatoms. The van der Waals surface area contributed by atoms with E-state index >= 15 is 0 Å². The molecule has 1 fully saturated rings. The molecule has 0 bridgehead atoms. The van der Waals surface area contributed by atoms with Crippen LogP contribution in [0, 0.1) is 0 Å². The minimum Gasteiger partial charge on any atom is -0.385 e. The summed E-state index contributed by atoms with van der Waals surface area (Å²) in [4.78, 5) is 0. The third-order valence-electron chi connectivity index (χ3n) is 2.70. The fourth-order valence-corrected chi connectivity index (χ4v) is 1.64. The second-order valence-corrected chi connectivity index (χ2v) is 3.70. The standard InChI is InChI=1S/C10H10N2O/c13-10(3-4-10)8-1-2-9-7(5-8)6-11-12-9/h1-2,5-6,13H,3-4H2,(H,11,12). The van der Waals surface area contributed by atoms with Gasteiger partial charge < -0.3 is 5.11 Å². The number of nitrogens with zero attached hydrogens (tertiary/aromatic N) is 1. The van der Waals surface area contributed by atoms with Gasteiger partial charge in [0.1, 0.15) is 0 Å². The Bertz CT molecular complexity index is 457. The van der Waals surface area contributed by atoms with Gasteiger partial charge in [0.2, 0.25) is 0 Å². The van der Waals surface area contributed by atoms with Crippen LogP contribution < -0.4 is 0 Å². The first-order valence-corrected chi connectivity index (χ1v) is 4.44. The second kappa shape index (κ2) is 2.12. The molecule has 1 aliphatic carbocycles. The molecule has 0 radical (unpaired) electrons. The lowest BCUT2D eigenvalue weighted by atomic mass is 10.1. The summed E-state index contributed by atoms with van der Waals surface area (Å²) in [7, 11) is 0. The summed E-state index contributed by atoms with van der Waals surface area (Å²) in [6.45, 7) is 0. The van der Waals surface area contributed by atoms with E-state index in [9.17, 15) is 5.11 Å². The number of hydrogen-bond acceptors (Lipinski definition) is 2. The van der Waals surface area contributed by atoms with Gasteiger partial charge in [-0.05, 0) is 30.5 Å². The number of rotatable bonds is 1. The molecular weight excluding hydrogens is 164 g/mol. The molecule has 1 saturated carbocycles. The Balaban J connectivity index is 2.20. The van der Waals surface area contributed by atoms with Crippen molar-refractivity contribution in [1.82, 2.24) is 10.2 Å². The molecule has 1 heterocycles. The predicted molar refractivity (Wildman–Crippen MR) is 49.2 cm³/mol. The Hall–Kier alpha value is -1.35. The van der Waals surface area contributed by atoms with E-state index in [2.05, 4.69) is 10.2 Å². The fraction of sp³-hybridized carbons (Fsp3) is 0.300. The third-order valence-corrected chi connectivity index (χ3v) is 2.70. The van der Waals surface area contributed by atoms with Crippen LogP contribution in [0.5, 0.6) is 0 Å². The average Bonchev–Trinajstić information content (AvgIpc) is 2.74. The van der Waals surface area contributed by atoms with Crippen LogP contribution >= 0.6 is 0 Å². The molecule has 0 spiro atoms. The monoisotopic (exact) mass is 174 g/mol. The number of benzene rings is 1. The number of aromatic amines is 1. The zero-order valence-electron chi connectivity index (χ0n) is 7.12. The van der Waals surface area contributed by atoms with Gasteiger partial charge in [-0.15, -0.1) is 0 Å². The van der Waals surface area contributed by atoms with Crippen LogP contribution in [0.1, 0.15) is 18.4 Å². The number of hydrogen-bond donors (Lipinski definition) is 2. The minimum atomic E-state index is -0.536. The summed E-state index contributed by atoms with van der Waals surface area (Å²) in [5.41, 5.74) is 1.50. The molecule has 66 valence electrons. The van der Waals surface area contributed by atoms with Gasteiger partial charge in [0, 0.05) is 5.39 Å². The molecule has 3 nitrogen and oxygen atoms in total. The van der Waals surface area contributed by atoms with Gasteiger partial charge in [-0.25, -0.2) is 0 Å². The van der Waals surface area contributed by atoms with Gasteiger partial charge in [-0.2, -0.15) is 5.10 Å². The summed E-state index contributed by atoms with van der Waals surface area (Å²) >= 11 is 0. The normalized spacial score (nSPS) is 19.2. The maximum atomic E-state index is 9.87. The third kappa shape index (κ3) is 0.971. The highest BCUT2D eigenvalue weighted by Crippen LogP contribution is 2.45. The van der Waals surface area contributed by atoms with Crippen LogP contribution in [-0.2, 0) is 5.60 Å². The van der Waals surface area contributed by atoms with Crippen molar-refractivity contribution in [2.45, 2.75) is 18.4 Å². The molecule has 1 aromatic heterocycles. The van der Waals surface area contributed by atoms with Crippen LogP contribution in [0.15, 0.2) is 24.4 Å². The van der Waals surface area contributed by atoms with Gasteiger partial charge in [-0.3, -0.25) is 5.10 Å². The van der Waals surface area contributed by atoms with E-state index in [-0.39, 0.29) is 0 Å². The first kappa shape index (κ1) is 7.09. The summed E-state index contributed by atoms with van der Waals surface area (Å²) in [5.74, 6) is 0. The maximum absolute atomic E-state index is 9.87. The molecule has 0 unspecified atom stereocenters. The largest absolute Gasteiger partial charge is 0.385 e. The predicted octanol–water partition coefficient (Wildman–Crippen LogP) is 1.54. The first-order valence-electron chi connectivity index (χ1n) is 4.44. The van der Waals surface area contributed by atoms with E-state index in [1.54, 1.807) is 6.20 Å². The number of fused-ring (bicyclic) bond motifs is 1. The zero-order valence-corrected chi connectivity index (χ0v) is 7.12. The number of aliphatic hydroxyl groups is 1. The Morgan fingerprint density at radius 2 is 2.23 bits per heavy atom. The van der Waals surface area contributed by atoms with Gasteiger partial charge in [-0.1, -0.05) is 6.07 Å². The zero-order chi connectivity index (χ0) is 8.89. The number of H-pyrrole nitrogens is 1. The van der Waals surface area contributed by atoms with Crippen molar-refractivity contribution in [3.8, 4) is 0 Å². The highest BCUT2D eigenvalue weighted by molar-refractivity contribution is 5.78. The summed E-state index contributed by atoms with van der Waals surface area (Å²) in [6.07, 6.45) is 3.55. The van der Waals surface area contributed by atoms with Gasteiger partial charge in [0.15, 0.2) is 0 Å². The highest BCUT2D eigenvalue weighted by Gasteiger charge is 2.42. The molecule has 0 saturated heterocycles. The quantitative estimate of drug-likeness (QED) is 0.689. The molecule has 2 N–H and O–H groups in total. The summed E-state index contributed by atoms with van der Waals surface area (Å²) in [6, 6.07) is 5.94. The Labute approximate surface area is 75.4 Å². The van der Waals surface area contributed by atoms with Crippen LogP contribution in [0.4, 0.5) is 0 Å². The average molecular weight is 174 g/mol. The van der Waals surface area contributed by atoms with Crippen molar-refractivity contribution in [3.63, 3.8) is 0 Å². The molecule has 0 amide bonds. The lowest BCUT2D eigenvalue weighted by molar-refractivity contribution is 0.151. The molecule has 1 aromatic carbocycles. The van der Waals surface area contributed by atoms with E-state index in [0.717, 1.165) is 29.3 Å². The lowest BCUT2D eigenvalue weighted by Gasteiger charge is -2.06. The van der Waals surface area contributed by atoms with Crippen molar-refractivity contribution in [1.29, 1.82) is 0 Å². The number of aromatic nitrogens is 2. The van der Waals surface area contributed by atoms with Crippen molar-refractivity contribution >= 4 is 10.9 Å². The van der Waals surface area contributed by atoms with Gasteiger partial charge in [0.05, 0.1) is 17.3 Å². The van der Waals surface area contributed by atoms with Crippen LogP contribution in [0.2, 0.25) is 0 Å². The molecule has 3 rings (SSSR count). The molecular formula is C10H10N2O. The van der Waals surface area contributed by atoms with Crippen LogP contribution in [0.3, 0.4) is 0 Å².